The summed E-state index contributed by atoms with van der Waals surface area (Å²) in [6, 6.07) is 7.72. The second-order valence-corrected chi connectivity index (χ2v) is 5.95. The summed E-state index contributed by atoms with van der Waals surface area (Å²) in [5.74, 6) is 0.922. The third kappa shape index (κ3) is 5.83. The van der Waals surface area contributed by atoms with Gasteiger partial charge in [-0.2, -0.15) is 0 Å². The lowest BCUT2D eigenvalue weighted by molar-refractivity contribution is -0.121. The van der Waals surface area contributed by atoms with Crippen LogP contribution < -0.4 is 15.4 Å². The molecule has 1 aromatic rings. The van der Waals surface area contributed by atoms with E-state index in [4.69, 9.17) is 16.3 Å². The maximum Gasteiger partial charge on any atom is 0.234 e. The van der Waals surface area contributed by atoms with Gasteiger partial charge in [0.15, 0.2) is 0 Å². The van der Waals surface area contributed by atoms with Crippen molar-refractivity contribution in [2.24, 2.45) is 0 Å². The van der Waals surface area contributed by atoms with Crippen LogP contribution in [0.5, 0.6) is 5.75 Å². The smallest absolute Gasteiger partial charge is 0.234 e. The van der Waals surface area contributed by atoms with Crippen LogP contribution in [0.3, 0.4) is 0 Å². The molecule has 1 amide bonds. The third-order valence-corrected chi connectivity index (χ3v) is 4.03. The average Bonchev–Trinajstić information content (AvgIpc) is 2.51. The molecule has 0 aromatic heterocycles. The molecule has 6 heteroatoms. The van der Waals surface area contributed by atoms with Crippen LogP contribution in [0.2, 0.25) is 5.02 Å². The van der Waals surface area contributed by atoms with Crippen LogP contribution in [-0.2, 0) is 4.79 Å². The topological polar surface area (TPSA) is 53.6 Å². The van der Waals surface area contributed by atoms with E-state index in [1.165, 1.54) is 0 Å². The van der Waals surface area contributed by atoms with Gasteiger partial charge >= 0.3 is 0 Å². The number of piperidine rings is 1. The highest BCUT2D eigenvalue weighted by atomic mass is 35.5. The van der Waals surface area contributed by atoms with E-state index in [1.54, 1.807) is 7.05 Å². The van der Waals surface area contributed by atoms with Crippen molar-refractivity contribution in [2.45, 2.75) is 18.9 Å². The summed E-state index contributed by atoms with van der Waals surface area (Å²) < 4.78 is 5.71. The third-order valence-electron chi connectivity index (χ3n) is 3.78. The van der Waals surface area contributed by atoms with Crippen molar-refractivity contribution < 1.29 is 9.53 Å². The van der Waals surface area contributed by atoms with Crippen molar-refractivity contribution in [3.8, 4) is 5.75 Å². The van der Waals surface area contributed by atoms with Crippen molar-refractivity contribution in [3.63, 3.8) is 0 Å². The summed E-state index contributed by atoms with van der Waals surface area (Å²) in [6.45, 7) is 3.94. The first kappa shape index (κ1) is 17.1. The maximum atomic E-state index is 11.5. The Hall–Kier alpha value is -1.30. The van der Waals surface area contributed by atoms with Gasteiger partial charge in [0.25, 0.3) is 0 Å². The number of likely N-dealkylation sites (tertiary alicyclic amines) is 1. The van der Waals surface area contributed by atoms with Crippen molar-refractivity contribution in [2.75, 3.05) is 39.8 Å². The molecular formula is C16H24ClN3O2. The van der Waals surface area contributed by atoms with E-state index in [0.717, 1.165) is 43.2 Å². The highest BCUT2D eigenvalue weighted by molar-refractivity contribution is 6.30. The fraction of sp³-hybridized carbons (Fsp3) is 0.562. The van der Waals surface area contributed by atoms with Crippen LogP contribution >= 0.6 is 11.6 Å². The molecule has 0 atom stereocenters. The lowest BCUT2D eigenvalue weighted by Gasteiger charge is -2.32. The summed E-state index contributed by atoms with van der Waals surface area (Å²) in [4.78, 5) is 13.9. The van der Waals surface area contributed by atoms with E-state index in [2.05, 4.69) is 15.5 Å². The largest absolute Gasteiger partial charge is 0.492 e. The first-order valence-corrected chi connectivity index (χ1v) is 8.10. The minimum absolute atomic E-state index is 0.0759. The molecule has 2 rings (SSSR count). The Bertz CT molecular complexity index is 459. The quantitative estimate of drug-likeness (QED) is 0.798. The molecule has 22 heavy (non-hydrogen) atoms. The summed E-state index contributed by atoms with van der Waals surface area (Å²) in [7, 11) is 1.78. The van der Waals surface area contributed by atoms with E-state index in [0.29, 0.717) is 19.2 Å². The van der Waals surface area contributed by atoms with Crippen molar-refractivity contribution in [1.82, 2.24) is 15.5 Å². The van der Waals surface area contributed by atoms with Gasteiger partial charge in [-0.25, -0.2) is 0 Å². The Morgan fingerprint density at radius 2 is 2.00 bits per heavy atom. The molecule has 0 unspecified atom stereocenters. The highest BCUT2D eigenvalue weighted by Gasteiger charge is 2.20. The number of ether oxygens (including phenoxy) is 1. The zero-order chi connectivity index (χ0) is 15.8. The lowest BCUT2D eigenvalue weighted by atomic mass is 10.1. The predicted molar refractivity (Wildman–Crippen MR) is 88.5 cm³/mol. The predicted octanol–water partition coefficient (Wildman–Crippen LogP) is 1.52. The minimum Gasteiger partial charge on any atom is -0.492 e. The summed E-state index contributed by atoms with van der Waals surface area (Å²) in [5.41, 5.74) is 0. The number of nitrogens with zero attached hydrogens (tertiary/aromatic N) is 1. The number of carbonyl (C=O) groups is 1. The summed E-state index contributed by atoms with van der Waals surface area (Å²) in [5, 5.41) is 6.64. The Kier molecular flexibility index (Phi) is 6.96. The van der Waals surface area contributed by atoms with E-state index in [-0.39, 0.29) is 5.91 Å². The van der Waals surface area contributed by atoms with Gasteiger partial charge in [0, 0.05) is 30.7 Å². The standard InChI is InChI=1S/C16H24ClN3O2/c1-18-12-16(21)19-14-6-8-20(9-7-14)10-11-22-15-4-2-13(17)3-5-15/h2-5,14,18H,6-12H2,1H3,(H,19,21). The fourth-order valence-corrected chi connectivity index (χ4v) is 2.69. The molecule has 5 nitrogen and oxygen atoms in total. The molecule has 0 spiro atoms. The Morgan fingerprint density at radius 3 is 2.64 bits per heavy atom. The van der Waals surface area contributed by atoms with Crippen LogP contribution in [0.25, 0.3) is 0 Å². The normalized spacial score (nSPS) is 16.5. The number of benzene rings is 1. The van der Waals surface area contributed by atoms with Crippen LogP contribution in [0, 0.1) is 0 Å². The molecule has 0 saturated carbocycles. The molecule has 2 N–H and O–H groups in total. The van der Waals surface area contributed by atoms with Gasteiger partial charge in [0.2, 0.25) is 5.91 Å². The first-order valence-electron chi connectivity index (χ1n) is 7.72. The van der Waals surface area contributed by atoms with Gasteiger partial charge in [-0.05, 0) is 44.2 Å². The van der Waals surface area contributed by atoms with E-state index in [9.17, 15) is 4.79 Å². The highest BCUT2D eigenvalue weighted by Crippen LogP contribution is 2.16. The van der Waals surface area contributed by atoms with Crippen LogP contribution in [0.4, 0.5) is 0 Å². The number of hydrogen-bond acceptors (Lipinski definition) is 4. The number of rotatable bonds is 7. The van der Waals surface area contributed by atoms with Gasteiger partial charge in [-0.3, -0.25) is 9.69 Å². The minimum atomic E-state index is 0.0759. The second-order valence-electron chi connectivity index (χ2n) is 5.52. The molecule has 1 aromatic carbocycles. The van der Waals surface area contributed by atoms with Gasteiger partial charge in [-0.1, -0.05) is 11.6 Å². The molecule has 1 heterocycles. The second kappa shape index (κ2) is 8.98. The molecule has 0 bridgehead atoms. The maximum absolute atomic E-state index is 11.5. The van der Waals surface area contributed by atoms with Crippen molar-refractivity contribution >= 4 is 17.5 Å². The van der Waals surface area contributed by atoms with E-state index < -0.39 is 0 Å². The number of halogens is 1. The van der Waals surface area contributed by atoms with Gasteiger partial charge < -0.3 is 15.4 Å². The fourth-order valence-electron chi connectivity index (χ4n) is 2.56. The molecular weight excluding hydrogens is 302 g/mol. The molecule has 0 radical (unpaired) electrons. The Balaban J connectivity index is 1.61. The van der Waals surface area contributed by atoms with Crippen LogP contribution in [-0.4, -0.2) is 56.7 Å². The summed E-state index contributed by atoms with van der Waals surface area (Å²) >= 11 is 5.84. The average molecular weight is 326 g/mol. The lowest BCUT2D eigenvalue weighted by Crippen LogP contribution is -2.47. The van der Waals surface area contributed by atoms with Gasteiger partial charge in [-0.15, -0.1) is 0 Å². The van der Waals surface area contributed by atoms with Crippen LogP contribution in [0.15, 0.2) is 24.3 Å². The molecule has 0 aliphatic carbocycles. The van der Waals surface area contributed by atoms with Gasteiger partial charge in [0.1, 0.15) is 12.4 Å². The van der Waals surface area contributed by atoms with Gasteiger partial charge in [0.05, 0.1) is 6.54 Å². The first-order chi connectivity index (χ1) is 10.7. The van der Waals surface area contributed by atoms with Crippen LogP contribution in [0.1, 0.15) is 12.8 Å². The molecule has 1 aliphatic heterocycles. The number of carbonyl (C=O) groups excluding carboxylic acids is 1. The monoisotopic (exact) mass is 325 g/mol. The zero-order valence-corrected chi connectivity index (χ0v) is 13.7. The number of likely N-dealkylation sites (N-methyl/N-ethyl adjacent to an activating group) is 1. The number of nitrogens with one attached hydrogen (secondary N) is 2. The van der Waals surface area contributed by atoms with Crippen molar-refractivity contribution in [3.05, 3.63) is 29.3 Å². The number of hydrogen-bond donors (Lipinski definition) is 2. The van der Waals surface area contributed by atoms with E-state index >= 15 is 0 Å². The zero-order valence-electron chi connectivity index (χ0n) is 13.0. The van der Waals surface area contributed by atoms with E-state index in [1.807, 2.05) is 24.3 Å². The number of amides is 1. The van der Waals surface area contributed by atoms with Crippen molar-refractivity contribution in [1.29, 1.82) is 0 Å². The molecule has 1 saturated heterocycles. The Labute approximate surface area is 137 Å². The SMILES string of the molecule is CNCC(=O)NC1CCN(CCOc2ccc(Cl)cc2)CC1. The summed E-state index contributed by atoms with van der Waals surface area (Å²) in [6.07, 6.45) is 1.99. The Morgan fingerprint density at radius 1 is 1.32 bits per heavy atom. The molecule has 1 fully saturated rings. The molecule has 122 valence electrons. The molecule has 1 aliphatic rings.